The zero-order valence-corrected chi connectivity index (χ0v) is 16.4. The third kappa shape index (κ3) is 5.93. The van der Waals surface area contributed by atoms with E-state index < -0.39 is 5.82 Å². The van der Waals surface area contributed by atoms with Gasteiger partial charge in [0.1, 0.15) is 5.75 Å². The Morgan fingerprint density at radius 2 is 1.72 bits per heavy atom. The van der Waals surface area contributed by atoms with Crippen molar-refractivity contribution in [2.24, 2.45) is 0 Å². The number of nitrogens with one attached hydrogen (secondary N) is 2. The van der Waals surface area contributed by atoms with Crippen LogP contribution in [-0.2, 0) is 13.1 Å². The predicted octanol–water partition coefficient (Wildman–Crippen LogP) is 4.08. The molecule has 150 valence electrons. The molecule has 1 heterocycles. The van der Waals surface area contributed by atoms with Crippen molar-refractivity contribution in [1.29, 1.82) is 0 Å². The summed E-state index contributed by atoms with van der Waals surface area (Å²) in [5, 5.41) is 5.51. The lowest BCUT2D eigenvalue weighted by Gasteiger charge is -2.13. The summed E-state index contributed by atoms with van der Waals surface area (Å²) in [7, 11) is 3.95. The molecule has 0 saturated heterocycles. The standard InChI is InChI=1S/C22H23FN4O2/c1-27(2)18-8-5-16(6-9-18)13-25-22(28)26-14-17-7-10-21(20(23)12-17)29-19-4-3-11-24-15-19/h3-12,15H,13-14H2,1-2H3,(H2,25,26,28). The van der Waals surface area contributed by atoms with Crippen molar-refractivity contribution in [1.82, 2.24) is 15.6 Å². The highest BCUT2D eigenvalue weighted by Gasteiger charge is 2.08. The van der Waals surface area contributed by atoms with E-state index >= 15 is 0 Å². The van der Waals surface area contributed by atoms with Crippen LogP contribution in [0.4, 0.5) is 14.9 Å². The van der Waals surface area contributed by atoms with E-state index in [0.29, 0.717) is 17.9 Å². The fourth-order valence-corrected chi connectivity index (χ4v) is 2.61. The quantitative estimate of drug-likeness (QED) is 0.634. The minimum Gasteiger partial charge on any atom is -0.453 e. The van der Waals surface area contributed by atoms with Gasteiger partial charge in [-0.3, -0.25) is 4.98 Å². The molecule has 0 fully saturated rings. The first kappa shape index (κ1) is 20.1. The molecule has 6 nitrogen and oxygen atoms in total. The minimum atomic E-state index is -0.505. The van der Waals surface area contributed by atoms with E-state index in [9.17, 15) is 9.18 Å². The van der Waals surface area contributed by atoms with Crippen molar-refractivity contribution in [2.75, 3.05) is 19.0 Å². The van der Waals surface area contributed by atoms with Gasteiger partial charge < -0.3 is 20.3 Å². The number of aromatic nitrogens is 1. The summed E-state index contributed by atoms with van der Waals surface area (Å²) in [4.78, 5) is 17.9. The van der Waals surface area contributed by atoms with Crippen LogP contribution >= 0.6 is 0 Å². The van der Waals surface area contributed by atoms with E-state index in [1.807, 2.05) is 43.3 Å². The summed E-state index contributed by atoms with van der Waals surface area (Å²) >= 11 is 0. The van der Waals surface area contributed by atoms with Crippen LogP contribution in [0.1, 0.15) is 11.1 Å². The van der Waals surface area contributed by atoms with E-state index in [2.05, 4.69) is 15.6 Å². The number of halogens is 1. The van der Waals surface area contributed by atoms with Crippen LogP contribution in [0.15, 0.2) is 67.0 Å². The molecule has 7 heteroatoms. The van der Waals surface area contributed by atoms with Crippen LogP contribution in [0.3, 0.4) is 0 Å². The number of ether oxygens (including phenoxy) is 1. The average molecular weight is 394 g/mol. The Bertz CT molecular complexity index is 947. The van der Waals surface area contributed by atoms with Crippen molar-refractivity contribution in [2.45, 2.75) is 13.1 Å². The molecule has 0 atom stereocenters. The lowest BCUT2D eigenvalue weighted by molar-refractivity contribution is 0.240. The maximum absolute atomic E-state index is 14.2. The maximum atomic E-state index is 14.2. The molecule has 2 N–H and O–H groups in total. The van der Waals surface area contributed by atoms with Gasteiger partial charge >= 0.3 is 6.03 Å². The monoisotopic (exact) mass is 394 g/mol. The van der Waals surface area contributed by atoms with Crippen LogP contribution < -0.4 is 20.3 Å². The molecule has 2 aromatic carbocycles. The Hall–Kier alpha value is -3.61. The molecule has 2 amide bonds. The van der Waals surface area contributed by atoms with Crippen molar-refractivity contribution in [3.63, 3.8) is 0 Å². The number of pyridine rings is 1. The Morgan fingerprint density at radius 3 is 2.34 bits per heavy atom. The Kier molecular flexibility index (Phi) is 6.63. The zero-order chi connectivity index (χ0) is 20.6. The highest BCUT2D eigenvalue weighted by molar-refractivity contribution is 5.73. The van der Waals surface area contributed by atoms with Gasteiger partial charge in [0.05, 0.1) is 6.20 Å². The molecular weight excluding hydrogens is 371 g/mol. The number of benzene rings is 2. The van der Waals surface area contributed by atoms with Gasteiger partial charge in [0.15, 0.2) is 11.6 Å². The first-order chi connectivity index (χ1) is 14.0. The highest BCUT2D eigenvalue weighted by Crippen LogP contribution is 2.24. The Labute approximate surface area is 169 Å². The number of hydrogen-bond acceptors (Lipinski definition) is 4. The maximum Gasteiger partial charge on any atom is 0.315 e. The van der Waals surface area contributed by atoms with Crippen molar-refractivity contribution >= 4 is 11.7 Å². The molecule has 0 bridgehead atoms. The van der Waals surface area contributed by atoms with Gasteiger partial charge in [0.2, 0.25) is 0 Å². The molecule has 0 aliphatic heterocycles. The summed E-state index contributed by atoms with van der Waals surface area (Å²) in [6.45, 7) is 0.612. The molecule has 29 heavy (non-hydrogen) atoms. The summed E-state index contributed by atoms with van der Waals surface area (Å²) in [5.41, 5.74) is 2.72. The highest BCUT2D eigenvalue weighted by atomic mass is 19.1. The fraction of sp³-hybridized carbons (Fsp3) is 0.182. The molecule has 0 aliphatic rings. The topological polar surface area (TPSA) is 66.5 Å². The van der Waals surface area contributed by atoms with Gasteiger partial charge in [-0.1, -0.05) is 18.2 Å². The lowest BCUT2D eigenvalue weighted by Crippen LogP contribution is -2.34. The summed E-state index contributed by atoms with van der Waals surface area (Å²) in [6.07, 6.45) is 3.12. The van der Waals surface area contributed by atoms with Gasteiger partial charge in [-0.25, -0.2) is 9.18 Å². The number of amides is 2. The van der Waals surface area contributed by atoms with Crippen LogP contribution in [0.5, 0.6) is 11.5 Å². The second-order valence-electron chi connectivity index (χ2n) is 6.65. The lowest BCUT2D eigenvalue weighted by atomic mass is 10.2. The van der Waals surface area contributed by atoms with Crippen LogP contribution in [-0.4, -0.2) is 25.1 Å². The van der Waals surface area contributed by atoms with Gasteiger partial charge in [-0.15, -0.1) is 0 Å². The third-order valence-corrected chi connectivity index (χ3v) is 4.22. The number of hydrogen-bond donors (Lipinski definition) is 2. The molecule has 0 spiro atoms. The first-order valence-corrected chi connectivity index (χ1v) is 9.15. The molecule has 0 saturated carbocycles. The summed E-state index contributed by atoms with van der Waals surface area (Å²) in [6, 6.07) is 15.6. The van der Waals surface area contributed by atoms with Crippen LogP contribution in [0.2, 0.25) is 0 Å². The van der Waals surface area contributed by atoms with Crippen molar-refractivity contribution in [3.8, 4) is 11.5 Å². The minimum absolute atomic E-state index is 0.104. The predicted molar refractivity (Wildman–Crippen MR) is 111 cm³/mol. The van der Waals surface area contributed by atoms with Gasteiger partial charge in [-0.05, 0) is 47.5 Å². The van der Waals surface area contributed by atoms with Crippen molar-refractivity contribution < 1.29 is 13.9 Å². The van der Waals surface area contributed by atoms with E-state index in [-0.39, 0.29) is 18.3 Å². The number of nitrogens with zero attached hydrogens (tertiary/aromatic N) is 2. The number of carbonyl (C=O) groups is 1. The molecule has 0 unspecified atom stereocenters. The van der Waals surface area contributed by atoms with E-state index in [0.717, 1.165) is 11.3 Å². The van der Waals surface area contributed by atoms with E-state index in [1.165, 1.54) is 18.3 Å². The van der Waals surface area contributed by atoms with Gasteiger partial charge in [-0.2, -0.15) is 0 Å². The molecule has 0 radical (unpaired) electrons. The van der Waals surface area contributed by atoms with Crippen LogP contribution in [0, 0.1) is 5.82 Å². The number of anilines is 1. The molecule has 1 aromatic heterocycles. The Balaban J connectivity index is 1.47. The smallest absolute Gasteiger partial charge is 0.315 e. The zero-order valence-electron chi connectivity index (χ0n) is 16.4. The first-order valence-electron chi connectivity index (χ1n) is 9.15. The van der Waals surface area contributed by atoms with E-state index in [1.54, 1.807) is 24.4 Å². The van der Waals surface area contributed by atoms with E-state index in [4.69, 9.17) is 4.74 Å². The van der Waals surface area contributed by atoms with Gasteiger partial charge in [0, 0.05) is 39.1 Å². The molecule has 3 rings (SSSR count). The van der Waals surface area contributed by atoms with Gasteiger partial charge in [0.25, 0.3) is 0 Å². The normalized spacial score (nSPS) is 10.3. The SMILES string of the molecule is CN(C)c1ccc(CNC(=O)NCc2ccc(Oc3cccnc3)c(F)c2)cc1. The third-order valence-electron chi connectivity index (χ3n) is 4.22. The fourth-order valence-electron chi connectivity index (χ4n) is 2.61. The Morgan fingerprint density at radius 1 is 1.03 bits per heavy atom. The second kappa shape index (κ2) is 9.54. The molecular formula is C22H23FN4O2. The molecule has 3 aromatic rings. The van der Waals surface area contributed by atoms with Crippen molar-refractivity contribution in [3.05, 3.63) is 83.9 Å². The summed E-state index contributed by atoms with van der Waals surface area (Å²) < 4.78 is 19.7. The largest absolute Gasteiger partial charge is 0.453 e. The van der Waals surface area contributed by atoms with Crippen LogP contribution in [0.25, 0.3) is 0 Å². The molecule has 0 aliphatic carbocycles. The number of carbonyl (C=O) groups excluding carboxylic acids is 1. The number of rotatable bonds is 7. The number of urea groups is 1. The average Bonchev–Trinajstić information content (AvgIpc) is 2.73. The summed E-state index contributed by atoms with van der Waals surface area (Å²) in [5.74, 6) is 0.0529. The second-order valence-corrected chi connectivity index (χ2v) is 6.65.